The van der Waals surface area contributed by atoms with E-state index in [-0.39, 0.29) is 95.0 Å². The zero-order valence-electron chi connectivity index (χ0n) is 70.4. The van der Waals surface area contributed by atoms with Crippen LogP contribution in [0.25, 0.3) is 0 Å². The van der Waals surface area contributed by atoms with Crippen LogP contribution >= 0.6 is 0 Å². The zero-order valence-corrected chi connectivity index (χ0v) is 71.4. The standard InChI is InChI=1S/C98H111NO22Si/c1-66(100)47-56-83(102)120-87-81(65-116-122(98(3,4)5,76-40-24-13-25-41-76)77-42-26-14-27-43-77)119-96(92(90(87)113-63-73-50-54-75(106-7)55-51-73)121-97-91(114-61-71-38-22-12-23-39-71)89(112-60-70-36-20-11-21-37-70)85(67(2)117-97)109-58-68-32-16-9-17-33-68)115-64-80-86(110-62-72-48-52-74(105-6)53-49-72)88(111-59-69-34-18-10-19-35-69)84(95(118-80)108-57-31-15-28-46-82(101)107-8)99-93(103)78-44-29-30-45-79(78)94(99)104/h9-14,16-27,29-30,32-45,48-55,67,80-81,84-92,95-97H,15,28,31,46-47,56-65H2,1-8H3/t67-,80+,81+,84+,85+,86+,87-,88+,89+,90-,91-,92+,95+,96-,97-/m0/s1. The molecule has 9 aromatic carbocycles. The van der Waals surface area contributed by atoms with E-state index in [4.69, 9.17) is 80.2 Å². The number of carbonyl (C=O) groups is 5. The predicted octanol–water partition coefficient (Wildman–Crippen LogP) is 14.4. The SMILES string of the molecule is COC(=O)CCCCCO[C@@H]1O[C@H](CO[C@H]2O[C@H](CO[Si](c3ccccc3)(c3ccccc3)C(C)(C)C)[C@H](OC(=O)CCC(C)=O)[C@H](OCc3ccc(OC)cc3)[C@H]2O[C@@H]2O[C@@H](C)[C@@H](OCc3ccccc3)[C@@H](OCc3ccccc3)[C@@H]2OCc2ccccc2)[C@@H](OCc2ccc(OC)cc2)[C@H](OCc2ccccc2)[C@H]1N1C(=O)c2ccccc2C1=O. The Balaban J connectivity index is 0.984. The molecule has 15 atom stereocenters. The molecule has 0 radical (unpaired) electrons. The van der Waals surface area contributed by atoms with E-state index in [0.29, 0.717) is 41.9 Å². The summed E-state index contributed by atoms with van der Waals surface area (Å²) in [7, 11) is 0.956. The minimum Gasteiger partial charge on any atom is -0.497 e. The van der Waals surface area contributed by atoms with Crippen LogP contribution in [-0.4, -0.2) is 176 Å². The van der Waals surface area contributed by atoms with Gasteiger partial charge in [0.2, 0.25) is 0 Å². The number of rotatable bonds is 42. The Morgan fingerprint density at radius 3 is 1.27 bits per heavy atom. The van der Waals surface area contributed by atoms with Gasteiger partial charge in [-0.1, -0.05) is 246 Å². The largest absolute Gasteiger partial charge is 0.497 e. The number of fused-ring (bicyclic) bond motifs is 1. The maximum absolute atomic E-state index is 15.3. The molecule has 4 heterocycles. The summed E-state index contributed by atoms with van der Waals surface area (Å²) >= 11 is 0. The molecule has 0 unspecified atom stereocenters. The number of Topliss-reactive ketones (excluding diaryl/α,β-unsaturated/α-hetero) is 1. The van der Waals surface area contributed by atoms with E-state index in [9.17, 15) is 9.59 Å². The van der Waals surface area contributed by atoms with E-state index in [0.717, 1.165) is 37.5 Å². The molecule has 0 bridgehead atoms. The lowest BCUT2D eigenvalue weighted by Gasteiger charge is -2.51. The van der Waals surface area contributed by atoms with Crippen LogP contribution in [0.2, 0.25) is 5.04 Å². The number of ether oxygens (including phenoxy) is 16. The van der Waals surface area contributed by atoms with Gasteiger partial charge in [0, 0.05) is 19.4 Å². The van der Waals surface area contributed by atoms with Crippen molar-refractivity contribution in [1.82, 2.24) is 4.90 Å². The maximum atomic E-state index is 15.3. The average molecular weight is 1680 g/mol. The number of unbranched alkanes of at least 4 members (excludes halogenated alkanes) is 2. The van der Waals surface area contributed by atoms with E-state index in [2.05, 4.69) is 45.0 Å². The molecule has 122 heavy (non-hydrogen) atoms. The number of nitrogens with zero attached hydrogens (tertiary/aromatic N) is 1. The third-order valence-corrected chi connectivity index (χ3v) is 27.5. The van der Waals surface area contributed by atoms with Gasteiger partial charge in [-0.15, -0.1) is 0 Å². The van der Waals surface area contributed by atoms with Gasteiger partial charge in [0.25, 0.3) is 20.1 Å². The molecule has 0 spiro atoms. The van der Waals surface area contributed by atoms with Gasteiger partial charge < -0.3 is 85.0 Å². The fourth-order valence-corrected chi connectivity index (χ4v) is 20.7. The highest BCUT2D eigenvalue weighted by atomic mass is 28.4. The fourth-order valence-electron chi connectivity index (χ4n) is 16.2. The predicted molar refractivity (Wildman–Crippen MR) is 456 cm³/mol. The van der Waals surface area contributed by atoms with Gasteiger partial charge in [-0.3, -0.25) is 24.1 Å². The molecule has 3 fully saturated rings. The first kappa shape index (κ1) is 89.8. The van der Waals surface area contributed by atoms with Crippen LogP contribution in [0.4, 0.5) is 0 Å². The summed E-state index contributed by atoms with van der Waals surface area (Å²) < 4.78 is 119. The number of hydrogen-bond donors (Lipinski definition) is 0. The topological polar surface area (TPSA) is 245 Å². The van der Waals surface area contributed by atoms with Crippen LogP contribution in [0.1, 0.15) is 127 Å². The van der Waals surface area contributed by atoms with Crippen molar-refractivity contribution in [2.45, 2.75) is 210 Å². The normalized spacial score (nSPS) is 23.5. The third kappa shape index (κ3) is 22.9. The Morgan fingerprint density at radius 1 is 0.385 bits per heavy atom. The molecule has 0 aliphatic carbocycles. The summed E-state index contributed by atoms with van der Waals surface area (Å²) in [4.78, 5) is 72.4. The van der Waals surface area contributed by atoms with Gasteiger partial charge in [-0.2, -0.15) is 0 Å². The molecule has 0 N–H and O–H groups in total. The molecule has 0 aromatic heterocycles. The minimum absolute atomic E-state index is 0.0256. The van der Waals surface area contributed by atoms with Crippen LogP contribution in [0.3, 0.4) is 0 Å². The smallest absolute Gasteiger partial charge is 0.306 e. The Hall–Kier alpha value is -9.97. The van der Waals surface area contributed by atoms with Crippen LogP contribution in [0, 0.1) is 0 Å². The number of hydrogen-bond acceptors (Lipinski definition) is 22. The lowest BCUT2D eigenvalue weighted by molar-refractivity contribution is -0.381. The average Bonchev–Trinajstić information content (AvgIpc) is 1.39. The van der Waals surface area contributed by atoms with E-state index in [1.807, 2.05) is 213 Å². The van der Waals surface area contributed by atoms with E-state index in [1.54, 1.807) is 38.5 Å². The van der Waals surface area contributed by atoms with Crippen molar-refractivity contribution >= 4 is 48.2 Å². The van der Waals surface area contributed by atoms with Crippen molar-refractivity contribution in [3.63, 3.8) is 0 Å². The second-order valence-electron chi connectivity index (χ2n) is 31.9. The molecule has 3 saturated heterocycles. The van der Waals surface area contributed by atoms with E-state index < -0.39 is 130 Å². The quantitative estimate of drug-likeness (QED) is 0.0149. The van der Waals surface area contributed by atoms with Crippen molar-refractivity contribution in [2.24, 2.45) is 0 Å². The number of benzene rings is 9. The van der Waals surface area contributed by atoms with Crippen molar-refractivity contribution in [3.8, 4) is 11.5 Å². The summed E-state index contributed by atoms with van der Waals surface area (Å²) in [6, 6.07) is 79.0. The number of ketones is 1. The highest BCUT2D eigenvalue weighted by Crippen LogP contribution is 2.43. The molecule has 2 amide bonds. The van der Waals surface area contributed by atoms with Crippen molar-refractivity contribution in [1.29, 1.82) is 0 Å². The van der Waals surface area contributed by atoms with Gasteiger partial charge in [0.05, 0.1) is 97.8 Å². The van der Waals surface area contributed by atoms with E-state index in [1.165, 1.54) is 14.0 Å². The zero-order chi connectivity index (χ0) is 85.4. The highest BCUT2D eigenvalue weighted by molar-refractivity contribution is 6.99. The molecule has 4 aliphatic rings. The number of methoxy groups -OCH3 is 3. The number of esters is 2. The lowest BCUT2D eigenvalue weighted by Crippen LogP contribution is -2.69. The molecule has 644 valence electrons. The maximum Gasteiger partial charge on any atom is 0.306 e. The Morgan fingerprint density at radius 2 is 0.803 bits per heavy atom. The summed E-state index contributed by atoms with van der Waals surface area (Å²) in [5.41, 5.74) is 5.12. The molecule has 24 heteroatoms. The van der Waals surface area contributed by atoms with Crippen LogP contribution in [0.15, 0.2) is 255 Å². The Labute approximate surface area is 715 Å². The number of carbonyl (C=O) groups excluding carboxylic acids is 5. The molecule has 0 saturated carbocycles. The number of imide groups is 1. The molecular weight excluding hydrogens is 1570 g/mol. The molecule has 9 aromatic rings. The van der Waals surface area contributed by atoms with Gasteiger partial charge in [0.15, 0.2) is 25.0 Å². The van der Waals surface area contributed by atoms with Gasteiger partial charge in [-0.25, -0.2) is 0 Å². The minimum atomic E-state index is -3.55. The van der Waals surface area contributed by atoms with Crippen LogP contribution < -0.4 is 19.8 Å². The monoisotopic (exact) mass is 1680 g/mol. The van der Waals surface area contributed by atoms with Crippen LogP contribution in [-0.2, 0) is 125 Å². The van der Waals surface area contributed by atoms with Gasteiger partial charge >= 0.3 is 11.9 Å². The second kappa shape index (κ2) is 43.9. The van der Waals surface area contributed by atoms with Crippen molar-refractivity contribution in [3.05, 3.63) is 299 Å². The molecule has 4 aliphatic heterocycles. The summed E-state index contributed by atoms with van der Waals surface area (Å²) in [6.45, 7) is 9.16. The summed E-state index contributed by atoms with van der Waals surface area (Å²) in [6.07, 6.45) is -16.5. The first-order chi connectivity index (χ1) is 59.4. The summed E-state index contributed by atoms with van der Waals surface area (Å²) in [5, 5.41) is 1.30. The molecule has 13 rings (SSSR count). The number of amides is 2. The first-order valence-electron chi connectivity index (χ1n) is 41.8. The molecule has 23 nitrogen and oxygen atoms in total. The Bertz CT molecular complexity index is 4670. The van der Waals surface area contributed by atoms with Crippen molar-refractivity contribution in [2.75, 3.05) is 41.2 Å². The first-order valence-corrected chi connectivity index (χ1v) is 43.7. The third-order valence-electron chi connectivity index (χ3n) is 22.5. The highest BCUT2D eigenvalue weighted by Gasteiger charge is 2.60. The Kier molecular flexibility index (Phi) is 32.3. The van der Waals surface area contributed by atoms with E-state index >= 15 is 14.4 Å². The van der Waals surface area contributed by atoms with Crippen LogP contribution in [0.5, 0.6) is 11.5 Å². The summed E-state index contributed by atoms with van der Waals surface area (Å²) in [5.74, 6) is -1.34. The van der Waals surface area contributed by atoms with Gasteiger partial charge in [0.1, 0.15) is 78.3 Å². The molecular formula is C98H111NO22Si. The lowest BCUT2D eigenvalue weighted by atomic mass is 9.94. The van der Waals surface area contributed by atoms with Gasteiger partial charge in [-0.05, 0) is 112 Å². The van der Waals surface area contributed by atoms with Crippen molar-refractivity contribution < 1.29 is 104 Å². The fraction of sp³-hybridized carbons (Fsp3) is 0.398. The second-order valence-corrected chi connectivity index (χ2v) is 36.2.